The molecule has 1 spiro atoms. The molecule has 1 fully saturated rings. The van der Waals surface area contributed by atoms with Crippen LogP contribution < -0.4 is 0 Å². The summed E-state index contributed by atoms with van der Waals surface area (Å²) in [5.41, 5.74) is 4.07. The van der Waals surface area contributed by atoms with Gasteiger partial charge in [-0.1, -0.05) is 0 Å². The van der Waals surface area contributed by atoms with Crippen molar-refractivity contribution in [3.8, 4) is 0 Å². The number of carbonyl (C=O) groups is 1. The van der Waals surface area contributed by atoms with Crippen LogP contribution in [0.5, 0.6) is 0 Å². The largest absolute Gasteiger partial charge is 0.368 e. The molecule has 2 aromatic rings. The van der Waals surface area contributed by atoms with Crippen molar-refractivity contribution in [1.29, 1.82) is 0 Å². The Morgan fingerprint density at radius 3 is 2.75 bits per heavy atom. The van der Waals surface area contributed by atoms with Crippen molar-refractivity contribution < 1.29 is 9.53 Å². The van der Waals surface area contributed by atoms with Gasteiger partial charge < -0.3 is 9.64 Å². The van der Waals surface area contributed by atoms with Gasteiger partial charge in [0, 0.05) is 37.9 Å². The Hall–Kier alpha value is -2.28. The number of carbonyl (C=O) groups excluding carboxylic acids is 1. The molecule has 7 heteroatoms. The second kappa shape index (κ2) is 7.62. The molecule has 0 unspecified atom stereocenters. The average molecular weight is 383 g/mol. The van der Waals surface area contributed by atoms with Crippen LogP contribution in [-0.2, 0) is 28.1 Å². The molecule has 2 aliphatic heterocycles. The van der Waals surface area contributed by atoms with Gasteiger partial charge in [0.15, 0.2) is 0 Å². The van der Waals surface area contributed by atoms with Crippen LogP contribution in [0.3, 0.4) is 0 Å². The van der Waals surface area contributed by atoms with E-state index >= 15 is 0 Å². The first-order valence-corrected chi connectivity index (χ1v) is 10.2. The van der Waals surface area contributed by atoms with Gasteiger partial charge in [-0.15, -0.1) is 0 Å². The Kier molecular flexibility index (Phi) is 5.19. The molecular weight excluding hydrogens is 354 g/mol. The number of ether oxygens (including phenoxy) is 1. The second-order valence-electron chi connectivity index (χ2n) is 8.02. The van der Waals surface area contributed by atoms with Gasteiger partial charge in [-0.25, -0.2) is 9.97 Å². The van der Waals surface area contributed by atoms with Crippen LogP contribution in [-0.4, -0.2) is 50.3 Å². The molecule has 2 aromatic heterocycles. The highest BCUT2D eigenvalue weighted by molar-refractivity contribution is 5.76. The number of aryl methyl sites for hydroxylation is 4. The monoisotopic (exact) mass is 383 g/mol. The first-order chi connectivity index (χ1) is 13.5. The molecule has 0 aromatic carbocycles. The number of hydrogen-bond acceptors (Lipinski definition) is 5. The molecule has 7 nitrogen and oxygen atoms in total. The predicted molar refractivity (Wildman–Crippen MR) is 105 cm³/mol. The van der Waals surface area contributed by atoms with Crippen LogP contribution >= 0.6 is 0 Å². The standard InChI is InChI=1S/C21H29N5O2/c1-15-13-16(2)26(24-15)9-4-5-19(27)25-10-7-21(8-11-25)20-18(6-12-28-21)14-22-17(3)23-20/h13-14H,4-12H2,1-3H3. The maximum Gasteiger partial charge on any atom is 0.222 e. The highest BCUT2D eigenvalue weighted by Gasteiger charge is 2.43. The average Bonchev–Trinajstić information content (AvgIpc) is 3.00. The summed E-state index contributed by atoms with van der Waals surface area (Å²) in [6.45, 7) is 8.91. The van der Waals surface area contributed by atoms with Crippen molar-refractivity contribution in [3.05, 3.63) is 40.7 Å². The third kappa shape index (κ3) is 3.68. The van der Waals surface area contributed by atoms with Gasteiger partial charge in [0.05, 0.1) is 18.0 Å². The summed E-state index contributed by atoms with van der Waals surface area (Å²) < 4.78 is 8.22. The van der Waals surface area contributed by atoms with E-state index in [2.05, 4.69) is 23.1 Å². The zero-order valence-corrected chi connectivity index (χ0v) is 17.1. The van der Waals surface area contributed by atoms with Crippen molar-refractivity contribution in [1.82, 2.24) is 24.6 Å². The summed E-state index contributed by atoms with van der Waals surface area (Å²) in [4.78, 5) is 23.7. The molecule has 28 heavy (non-hydrogen) atoms. The Morgan fingerprint density at radius 1 is 1.25 bits per heavy atom. The summed E-state index contributed by atoms with van der Waals surface area (Å²) in [6.07, 6.45) is 5.79. The summed E-state index contributed by atoms with van der Waals surface area (Å²) in [6, 6.07) is 2.07. The van der Waals surface area contributed by atoms with E-state index in [4.69, 9.17) is 9.72 Å². The quantitative estimate of drug-likeness (QED) is 0.811. The van der Waals surface area contributed by atoms with Crippen LogP contribution in [0.1, 0.15) is 54.2 Å². The number of aromatic nitrogens is 4. The normalized spacial score (nSPS) is 18.3. The fourth-order valence-electron chi connectivity index (χ4n) is 4.44. The molecule has 1 saturated heterocycles. The Morgan fingerprint density at radius 2 is 2.04 bits per heavy atom. The Labute approximate surface area is 166 Å². The lowest BCUT2D eigenvalue weighted by molar-refractivity contribution is -0.141. The van der Waals surface area contributed by atoms with Crippen LogP contribution in [0.2, 0.25) is 0 Å². The lowest BCUT2D eigenvalue weighted by atomic mass is 9.83. The molecule has 150 valence electrons. The first kappa shape index (κ1) is 19.1. The second-order valence-corrected chi connectivity index (χ2v) is 8.02. The first-order valence-electron chi connectivity index (χ1n) is 10.2. The topological polar surface area (TPSA) is 73.1 Å². The molecule has 2 aliphatic rings. The van der Waals surface area contributed by atoms with Gasteiger partial charge in [0.1, 0.15) is 11.4 Å². The third-order valence-corrected chi connectivity index (χ3v) is 5.95. The van der Waals surface area contributed by atoms with Crippen molar-refractivity contribution in [2.75, 3.05) is 19.7 Å². The van der Waals surface area contributed by atoms with Gasteiger partial charge in [-0.3, -0.25) is 9.48 Å². The number of fused-ring (bicyclic) bond motifs is 2. The summed E-state index contributed by atoms with van der Waals surface area (Å²) in [7, 11) is 0. The van der Waals surface area contributed by atoms with E-state index in [0.717, 1.165) is 68.2 Å². The van der Waals surface area contributed by atoms with Crippen LogP contribution in [0.25, 0.3) is 0 Å². The molecule has 0 bridgehead atoms. The van der Waals surface area contributed by atoms with Crippen molar-refractivity contribution in [3.63, 3.8) is 0 Å². The molecule has 0 N–H and O–H groups in total. The minimum Gasteiger partial charge on any atom is -0.368 e. The van der Waals surface area contributed by atoms with E-state index in [1.807, 2.05) is 29.6 Å². The van der Waals surface area contributed by atoms with E-state index in [1.54, 1.807) is 0 Å². The number of piperidine rings is 1. The van der Waals surface area contributed by atoms with E-state index in [1.165, 1.54) is 5.56 Å². The fourth-order valence-corrected chi connectivity index (χ4v) is 4.44. The highest BCUT2D eigenvalue weighted by atomic mass is 16.5. The molecule has 0 atom stereocenters. The molecule has 0 radical (unpaired) electrons. The number of amides is 1. The number of likely N-dealkylation sites (tertiary alicyclic amines) is 1. The molecular formula is C21H29N5O2. The zero-order chi connectivity index (χ0) is 19.7. The Balaban J connectivity index is 1.34. The third-order valence-electron chi connectivity index (χ3n) is 5.95. The molecule has 4 rings (SSSR count). The van der Waals surface area contributed by atoms with E-state index in [0.29, 0.717) is 13.0 Å². The predicted octanol–water partition coefficient (Wildman–Crippen LogP) is 2.47. The van der Waals surface area contributed by atoms with Crippen molar-refractivity contribution in [2.45, 2.75) is 65.0 Å². The Bertz CT molecular complexity index is 868. The summed E-state index contributed by atoms with van der Waals surface area (Å²) in [5, 5.41) is 4.47. The summed E-state index contributed by atoms with van der Waals surface area (Å²) in [5.74, 6) is 1.01. The lowest BCUT2D eigenvalue weighted by Crippen LogP contribution is -2.49. The molecule has 4 heterocycles. The minimum absolute atomic E-state index is 0.228. The van der Waals surface area contributed by atoms with Crippen molar-refractivity contribution >= 4 is 5.91 Å². The van der Waals surface area contributed by atoms with E-state index < -0.39 is 0 Å². The van der Waals surface area contributed by atoms with Gasteiger partial charge in [0.25, 0.3) is 0 Å². The molecule has 0 saturated carbocycles. The fraction of sp³-hybridized carbons (Fsp3) is 0.619. The highest BCUT2D eigenvalue weighted by Crippen LogP contribution is 2.40. The maximum absolute atomic E-state index is 12.7. The van der Waals surface area contributed by atoms with Crippen molar-refractivity contribution in [2.24, 2.45) is 0 Å². The number of rotatable bonds is 4. The van der Waals surface area contributed by atoms with Gasteiger partial charge in [0.2, 0.25) is 5.91 Å². The van der Waals surface area contributed by atoms with Crippen LogP contribution in [0.15, 0.2) is 12.3 Å². The van der Waals surface area contributed by atoms with E-state index in [-0.39, 0.29) is 11.5 Å². The zero-order valence-electron chi connectivity index (χ0n) is 17.1. The molecule has 1 amide bonds. The summed E-state index contributed by atoms with van der Waals surface area (Å²) >= 11 is 0. The minimum atomic E-state index is -0.345. The smallest absolute Gasteiger partial charge is 0.222 e. The number of hydrogen-bond donors (Lipinski definition) is 0. The van der Waals surface area contributed by atoms with Crippen LogP contribution in [0, 0.1) is 20.8 Å². The van der Waals surface area contributed by atoms with Gasteiger partial charge in [-0.2, -0.15) is 5.10 Å². The van der Waals surface area contributed by atoms with Gasteiger partial charge >= 0.3 is 0 Å². The molecule has 0 aliphatic carbocycles. The number of nitrogens with zero attached hydrogens (tertiary/aromatic N) is 5. The van der Waals surface area contributed by atoms with E-state index in [9.17, 15) is 4.79 Å². The lowest BCUT2D eigenvalue weighted by Gasteiger charge is -2.44. The van der Waals surface area contributed by atoms with Gasteiger partial charge in [-0.05, 0) is 58.1 Å². The SMILES string of the molecule is Cc1cc(C)n(CCCC(=O)N2CCC3(CC2)OCCc2cnc(C)nc23)n1. The van der Waals surface area contributed by atoms with Crippen LogP contribution in [0.4, 0.5) is 0 Å². The maximum atomic E-state index is 12.7.